The molecule has 0 bridgehead atoms. The van der Waals surface area contributed by atoms with Crippen molar-refractivity contribution in [2.45, 2.75) is 51.4 Å². The minimum atomic E-state index is -0.490. The number of carbonyl (C=O) groups is 2. The molecule has 1 atom stereocenters. The first-order valence-electron chi connectivity index (χ1n) is 9.36. The van der Waals surface area contributed by atoms with Gasteiger partial charge in [0.1, 0.15) is 23.5 Å². The average Bonchev–Trinajstić information content (AvgIpc) is 3.05. The molecule has 2 fully saturated rings. The van der Waals surface area contributed by atoms with E-state index >= 15 is 0 Å². The van der Waals surface area contributed by atoms with Gasteiger partial charge in [0.05, 0.1) is 20.2 Å². The number of ether oxygens (including phenoxy) is 3. The van der Waals surface area contributed by atoms with Crippen LogP contribution < -0.4 is 9.64 Å². The first-order chi connectivity index (χ1) is 12.8. The summed E-state index contributed by atoms with van der Waals surface area (Å²) >= 11 is 0. The predicted molar refractivity (Wildman–Crippen MR) is 101 cm³/mol. The number of amides is 1. The summed E-state index contributed by atoms with van der Waals surface area (Å²) in [6.07, 6.45) is 1.45. The van der Waals surface area contributed by atoms with Crippen molar-refractivity contribution in [1.82, 2.24) is 4.90 Å². The molecule has 0 spiro atoms. The Morgan fingerprint density at radius 1 is 1.11 bits per heavy atom. The van der Waals surface area contributed by atoms with Gasteiger partial charge in [-0.3, -0.25) is 0 Å². The standard InChI is InChI=1S/C20H28N2O5/c1-20(2,3)27-19(24)21-12-16(13-21)26-15-9-7-14(8-10-15)22-11-5-6-17(22)18(23)25-4/h7-10,16-17H,5-6,11-13H2,1-4H3/t17-/m1/s1. The fourth-order valence-corrected chi connectivity index (χ4v) is 3.35. The van der Waals surface area contributed by atoms with Crippen molar-refractivity contribution in [1.29, 1.82) is 0 Å². The lowest BCUT2D eigenvalue weighted by Crippen LogP contribution is -2.57. The molecule has 2 saturated heterocycles. The second-order valence-electron chi connectivity index (χ2n) is 7.99. The molecule has 148 valence electrons. The molecular weight excluding hydrogens is 348 g/mol. The first kappa shape index (κ1) is 19.3. The maximum atomic E-state index is 11.9. The van der Waals surface area contributed by atoms with Crippen LogP contribution in [0.3, 0.4) is 0 Å². The molecule has 0 aromatic heterocycles. The molecule has 27 heavy (non-hydrogen) atoms. The maximum absolute atomic E-state index is 11.9. The second kappa shape index (κ2) is 7.66. The third-order valence-corrected chi connectivity index (χ3v) is 4.70. The van der Waals surface area contributed by atoms with Gasteiger partial charge >= 0.3 is 12.1 Å². The molecule has 2 aliphatic rings. The van der Waals surface area contributed by atoms with Crippen LogP contribution in [0.4, 0.5) is 10.5 Å². The van der Waals surface area contributed by atoms with Crippen LogP contribution in [0.15, 0.2) is 24.3 Å². The molecule has 0 unspecified atom stereocenters. The number of methoxy groups -OCH3 is 1. The van der Waals surface area contributed by atoms with Crippen molar-refractivity contribution in [3.63, 3.8) is 0 Å². The number of anilines is 1. The topological polar surface area (TPSA) is 68.3 Å². The zero-order valence-corrected chi connectivity index (χ0v) is 16.4. The molecule has 1 aromatic rings. The third-order valence-electron chi connectivity index (χ3n) is 4.70. The summed E-state index contributed by atoms with van der Waals surface area (Å²) in [5, 5.41) is 0. The highest BCUT2D eigenvalue weighted by Gasteiger charge is 2.35. The van der Waals surface area contributed by atoms with E-state index < -0.39 is 5.60 Å². The van der Waals surface area contributed by atoms with Crippen LogP contribution in [-0.2, 0) is 14.3 Å². The Kier molecular flexibility index (Phi) is 5.48. The monoisotopic (exact) mass is 376 g/mol. The normalized spacial score (nSPS) is 20.2. The number of rotatable bonds is 4. The van der Waals surface area contributed by atoms with Gasteiger partial charge in [-0.15, -0.1) is 0 Å². The molecule has 1 amide bonds. The van der Waals surface area contributed by atoms with Crippen molar-refractivity contribution in [3.8, 4) is 5.75 Å². The Hall–Kier alpha value is -2.44. The Morgan fingerprint density at radius 3 is 2.37 bits per heavy atom. The minimum Gasteiger partial charge on any atom is -0.487 e. The number of hydrogen-bond donors (Lipinski definition) is 0. The van der Waals surface area contributed by atoms with E-state index in [1.807, 2.05) is 45.0 Å². The molecule has 0 N–H and O–H groups in total. The minimum absolute atomic E-state index is 0.0297. The molecular formula is C20H28N2O5. The van der Waals surface area contributed by atoms with Gasteiger partial charge in [-0.05, 0) is 57.9 Å². The van der Waals surface area contributed by atoms with Crippen molar-refractivity contribution in [2.24, 2.45) is 0 Å². The lowest BCUT2D eigenvalue weighted by Gasteiger charge is -2.39. The molecule has 0 radical (unpaired) electrons. The van der Waals surface area contributed by atoms with Crippen LogP contribution in [0.25, 0.3) is 0 Å². The summed E-state index contributed by atoms with van der Waals surface area (Å²) < 4.78 is 16.2. The highest BCUT2D eigenvalue weighted by molar-refractivity contribution is 5.80. The smallest absolute Gasteiger partial charge is 0.410 e. The molecule has 7 nitrogen and oxygen atoms in total. The Bertz CT molecular complexity index is 677. The van der Waals surface area contributed by atoms with Crippen LogP contribution in [-0.4, -0.2) is 61.5 Å². The van der Waals surface area contributed by atoms with Crippen LogP contribution in [0.1, 0.15) is 33.6 Å². The van der Waals surface area contributed by atoms with Crippen LogP contribution >= 0.6 is 0 Å². The van der Waals surface area contributed by atoms with Gasteiger partial charge in [0.2, 0.25) is 0 Å². The van der Waals surface area contributed by atoms with E-state index in [1.165, 1.54) is 7.11 Å². The molecule has 3 rings (SSSR count). The fraction of sp³-hybridized carbons (Fsp3) is 0.600. The highest BCUT2D eigenvalue weighted by Crippen LogP contribution is 2.29. The van der Waals surface area contributed by atoms with Crippen molar-refractivity contribution < 1.29 is 23.8 Å². The number of likely N-dealkylation sites (tertiary alicyclic amines) is 1. The lowest BCUT2D eigenvalue weighted by atomic mass is 10.1. The Labute approximate surface area is 160 Å². The summed E-state index contributed by atoms with van der Waals surface area (Å²) in [5.41, 5.74) is 0.496. The molecule has 7 heteroatoms. The summed E-state index contributed by atoms with van der Waals surface area (Å²) in [5.74, 6) is 0.561. The van der Waals surface area contributed by atoms with E-state index in [0.717, 1.165) is 30.8 Å². The zero-order chi connectivity index (χ0) is 19.6. The number of benzene rings is 1. The highest BCUT2D eigenvalue weighted by atomic mass is 16.6. The summed E-state index contributed by atoms with van der Waals surface area (Å²) in [4.78, 5) is 27.6. The van der Waals surface area contributed by atoms with E-state index in [4.69, 9.17) is 14.2 Å². The van der Waals surface area contributed by atoms with Crippen LogP contribution in [0.2, 0.25) is 0 Å². The number of esters is 1. The van der Waals surface area contributed by atoms with Crippen molar-refractivity contribution >= 4 is 17.7 Å². The van der Waals surface area contributed by atoms with Gasteiger partial charge in [0, 0.05) is 12.2 Å². The lowest BCUT2D eigenvalue weighted by molar-refractivity contribution is -0.141. The SMILES string of the molecule is COC(=O)[C@H]1CCCN1c1ccc(OC2CN(C(=O)OC(C)(C)C)C2)cc1. The summed E-state index contributed by atoms with van der Waals surface area (Å²) in [6, 6.07) is 7.51. The van der Waals surface area contributed by atoms with Gasteiger partial charge < -0.3 is 24.0 Å². The van der Waals surface area contributed by atoms with Crippen molar-refractivity contribution in [3.05, 3.63) is 24.3 Å². The molecule has 2 aliphatic heterocycles. The Morgan fingerprint density at radius 2 is 1.78 bits per heavy atom. The van der Waals surface area contributed by atoms with E-state index in [2.05, 4.69) is 4.90 Å². The van der Waals surface area contributed by atoms with E-state index in [1.54, 1.807) is 4.90 Å². The van der Waals surface area contributed by atoms with E-state index in [9.17, 15) is 9.59 Å². The largest absolute Gasteiger partial charge is 0.487 e. The van der Waals surface area contributed by atoms with Gasteiger partial charge in [-0.2, -0.15) is 0 Å². The molecule has 1 aromatic carbocycles. The van der Waals surface area contributed by atoms with Crippen LogP contribution in [0.5, 0.6) is 5.75 Å². The molecule has 2 heterocycles. The zero-order valence-electron chi connectivity index (χ0n) is 16.4. The van der Waals surface area contributed by atoms with Gasteiger partial charge in [-0.25, -0.2) is 9.59 Å². The summed E-state index contributed by atoms with van der Waals surface area (Å²) in [6.45, 7) is 7.44. The fourth-order valence-electron chi connectivity index (χ4n) is 3.35. The van der Waals surface area contributed by atoms with Gasteiger partial charge in [0.25, 0.3) is 0 Å². The number of nitrogens with zero attached hydrogens (tertiary/aromatic N) is 2. The predicted octanol–water partition coefficient (Wildman–Crippen LogP) is 2.83. The van der Waals surface area contributed by atoms with Gasteiger partial charge in [-0.1, -0.05) is 0 Å². The number of carbonyl (C=O) groups excluding carboxylic acids is 2. The second-order valence-corrected chi connectivity index (χ2v) is 7.99. The molecule has 0 saturated carbocycles. The van der Waals surface area contributed by atoms with E-state index in [-0.39, 0.29) is 24.2 Å². The molecule has 0 aliphatic carbocycles. The maximum Gasteiger partial charge on any atom is 0.410 e. The van der Waals surface area contributed by atoms with Crippen LogP contribution in [0, 0.1) is 0 Å². The van der Waals surface area contributed by atoms with Gasteiger partial charge in [0.15, 0.2) is 0 Å². The first-order valence-corrected chi connectivity index (χ1v) is 9.36. The number of hydrogen-bond acceptors (Lipinski definition) is 6. The quantitative estimate of drug-likeness (QED) is 0.753. The average molecular weight is 376 g/mol. The summed E-state index contributed by atoms with van der Waals surface area (Å²) in [7, 11) is 1.43. The Balaban J connectivity index is 1.51. The van der Waals surface area contributed by atoms with E-state index in [0.29, 0.717) is 13.1 Å². The van der Waals surface area contributed by atoms with Crippen molar-refractivity contribution in [2.75, 3.05) is 31.6 Å². The third kappa shape index (κ3) is 4.64.